The maximum absolute atomic E-state index is 5.17. The molecule has 9 rings (SSSR count). The Balaban J connectivity index is 1.40. The van der Waals surface area contributed by atoms with Crippen molar-refractivity contribution in [2.24, 2.45) is 0 Å². The Kier molecular flexibility index (Phi) is 6.00. The molecular weight excluding hydrogens is 560 g/mol. The van der Waals surface area contributed by atoms with E-state index < -0.39 is 5.41 Å². The van der Waals surface area contributed by atoms with Gasteiger partial charge < -0.3 is 0 Å². The Labute approximate surface area is 267 Å². The summed E-state index contributed by atoms with van der Waals surface area (Å²) in [5, 5.41) is 0. The summed E-state index contributed by atoms with van der Waals surface area (Å²) in [6.07, 6.45) is 3.56. The van der Waals surface area contributed by atoms with Crippen molar-refractivity contribution in [3.05, 3.63) is 192 Å². The Morgan fingerprint density at radius 3 is 1.74 bits per heavy atom. The third-order valence-corrected chi connectivity index (χ3v) is 9.20. The van der Waals surface area contributed by atoms with Crippen molar-refractivity contribution in [1.82, 2.24) is 19.5 Å². The van der Waals surface area contributed by atoms with E-state index in [9.17, 15) is 0 Å². The zero-order chi connectivity index (χ0) is 30.5. The van der Waals surface area contributed by atoms with Gasteiger partial charge in [0, 0.05) is 12.4 Å². The molecule has 4 nitrogen and oxygen atoms in total. The van der Waals surface area contributed by atoms with E-state index in [1.807, 2.05) is 6.07 Å². The van der Waals surface area contributed by atoms with E-state index >= 15 is 0 Å². The predicted molar refractivity (Wildman–Crippen MR) is 185 cm³/mol. The number of rotatable bonds is 5. The second-order valence-electron chi connectivity index (χ2n) is 11.7. The number of benzene rings is 6. The van der Waals surface area contributed by atoms with Crippen molar-refractivity contribution in [3.8, 4) is 39.6 Å². The molecule has 0 bridgehead atoms. The van der Waals surface area contributed by atoms with Crippen LogP contribution in [0.4, 0.5) is 0 Å². The van der Waals surface area contributed by atoms with Crippen LogP contribution < -0.4 is 0 Å². The van der Waals surface area contributed by atoms with Gasteiger partial charge in [-0.3, -0.25) is 4.57 Å². The van der Waals surface area contributed by atoms with Crippen LogP contribution >= 0.6 is 0 Å². The van der Waals surface area contributed by atoms with Crippen LogP contribution in [-0.2, 0) is 5.41 Å². The molecule has 0 radical (unpaired) electrons. The summed E-state index contributed by atoms with van der Waals surface area (Å²) < 4.78 is 2.27. The average molecular weight is 589 g/mol. The fourth-order valence-corrected chi connectivity index (χ4v) is 7.26. The average Bonchev–Trinajstić information content (AvgIpc) is 3.54. The Morgan fingerprint density at radius 1 is 0.457 bits per heavy atom. The Hall–Kier alpha value is -6.13. The molecular formula is C42H28N4. The monoisotopic (exact) mass is 588 g/mol. The number of para-hydroxylation sites is 1. The van der Waals surface area contributed by atoms with E-state index in [-0.39, 0.29) is 0 Å². The van der Waals surface area contributed by atoms with Gasteiger partial charge in [0.25, 0.3) is 0 Å². The number of aromatic nitrogens is 4. The third kappa shape index (κ3) is 3.90. The van der Waals surface area contributed by atoms with Crippen LogP contribution in [0.1, 0.15) is 22.3 Å². The molecule has 0 atom stereocenters. The van der Waals surface area contributed by atoms with E-state index in [1.165, 1.54) is 38.9 Å². The van der Waals surface area contributed by atoms with E-state index in [2.05, 4.69) is 166 Å². The fourth-order valence-electron chi connectivity index (χ4n) is 7.26. The lowest BCUT2D eigenvalue weighted by Crippen LogP contribution is -2.35. The molecule has 3 heterocycles. The second-order valence-corrected chi connectivity index (χ2v) is 11.7. The normalized spacial score (nSPS) is 13.0. The molecule has 0 spiro atoms. The largest absolute Gasteiger partial charge is 0.289 e. The molecule has 46 heavy (non-hydrogen) atoms. The first-order valence-corrected chi connectivity index (χ1v) is 15.5. The molecule has 0 fully saturated rings. The van der Waals surface area contributed by atoms with Gasteiger partial charge >= 0.3 is 0 Å². The first-order chi connectivity index (χ1) is 22.8. The second kappa shape index (κ2) is 10.5. The van der Waals surface area contributed by atoms with Gasteiger partial charge in [-0.05, 0) is 74.8 Å². The minimum Gasteiger partial charge on any atom is -0.289 e. The van der Waals surface area contributed by atoms with Crippen LogP contribution in [0.5, 0.6) is 0 Å². The fraction of sp³-hybridized carbons (Fsp3) is 0.0238. The number of nitrogens with zero attached hydrogens (tertiary/aromatic N) is 4. The summed E-state index contributed by atoms with van der Waals surface area (Å²) in [7, 11) is 0. The summed E-state index contributed by atoms with van der Waals surface area (Å²) in [6, 6.07) is 56.4. The minimum absolute atomic E-state index is 0.599. The first-order valence-electron chi connectivity index (χ1n) is 15.5. The standard InChI is InChI=1S/C42H28N4/c1-4-13-29(14-5-1)30-15-10-16-31(27-30)32-23-24-38-36(28-32)42(33-17-6-2-7-18-33,34-19-8-3-9-20-34)35-21-11-22-37-39(35)46(38)41(45-37)40-43-25-12-26-44-40/h1-28H. The molecule has 2 aromatic heterocycles. The van der Waals surface area contributed by atoms with Crippen molar-refractivity contribution < 1.29 is 0 Å². The highest BCUT2D eigenvalue weighted by Crippen LogP contribution is 2.54. The molecule has 1 aliphatic heterocycles. The van der Waals surface area contributed by atoms with Crippen molar-refractivity contribution in [1.29, 1.82) is 0 Å². The molecule has 216 valence electrons. The molecule has 6 aromatic carbocycles. The van der Waals surface area contributed by atoms with Crippen LogP contribution in [0.25, 0.3) is 50.6 Å². The highest BCUT2D eigenvalue weighted by atomic mass is 15.1. The Bertz CT molecular complexity index is 2310. The zero-order valence-electron chi connectivity index (χ0n) is 25.0. The zero-order valence-corrected chi connectivity index (χ0v) is 25.0. The van der Waals surface area contributed by atoms with Crippen LogP contribution in [-0.4, -0.2) is 19.5 Å². The van der Waals surface area contributed by atoms with Gasteiger partial charge in [-0.2, -0.15) is 0 Å². The predicted octanol–water partition coefficient (Wildman–Crippen LogP) is 9.51. The minimum atomic E-state index is -0.602. The summed E-state index contributed by atoms with van der Waals surface area (Å²) in [5.74, 6) is 1.33. The summed E-state index contributed by atoms with van der Waals surface area (Å²) >= 11 is 0. The lowest BCUT2D eigenvalue weighted by atomic mass is 9.63. The van der Waals surface area contributed by atoms with E-state index in [4.69, 9.17) is 4.98 Å². The molecule has 0 aliphatic carbocycles. The van der Waals surface area contributed by atoms with Crippen LogP contribution in [0.3, 0.4) is 0 Å². The highest BCUT2D eigenvalue weighted by Gasteiger charge is 2.45. The number of hydrogen-bond donors (Lipinski definition) is 0. The maximum atomic E-state index is 5.17. The lowest BCUT2D eigenvalue weighted by molar-refractivity contribution is 0.725. The molecule has 0 amide bonds. The molecule has 0 unspecified atom stereocenters. The third-order valence-electron chi connectivity index (χ3n) is 9.20. The molecule has 0 saturated heterocycles. The maximum Gasteiger partial charge on any atom is 0.196 e. The molecule has 1 aliphatic rings. The Morgan fingerprint density at radius 2 is 1.04 bits per heavy atom. The smallest absolute Gasteiger partial charge is 0.196 e. The van der Waals surface area contributed by atoms with E-state index in [1.54, 1.807) is 12.4 Å². The SMILES string of the molecule is c1ccc(-c2cccc(-c3ccc4c(c3)C(c3ccccc3)(c3ccccc3)c3cccc5nc(-c6ncccn6)n-4c35)c2)cc1. The summed E-state index contributed by atoms with van der Waals surface area (Å²) in [6.45, 7) is 0. The van der Waals surface area contributed by atoms with Gasteiger partial charge in [-0.15, -0.1) is 0 Å². The number of imidazole rings is 1. The lowest BCUT2D eigenvalue weighted by Gasteiger charge is -2.41. The van der Waals surface area contributed by atoms with Crippen LogP contribution in [0.15, 0.2) is 170 Å². The van der Waals surface area contributed by atoms with Crippen molar-refractivity contribution in [2.75, 3.05) is 0 Å². The quantitative estimate of drug-likeness (QED) is 0.201. The van der Waals surface area contributed by atoms with Gasteiger partial charge in [-0.25, -0.2) is 15.0 Å². The summed E-state index contributed by atoms with van der Waals surface area (Å²) in [4.78, 5) is 14.5. The molecule has 8 aromatic rings. The molecule has 0 saturated carbocycles. The molecule has 0 N–H and O–H groups in total. The van der Waals surface area contributed by atoms with E-state index in [0.717, 1.165) is 28.1 Å². The van der Waals surface area contributed by atoms with Gasteiger partial charge in [-0.1, -0.05) is 127 Å². The van der Waals surface area contributed by atoms with Crippen LogP contribution in [0.2, 0.25) is 0 Å². The van der Waals surface area contributed by atoms with Crippen molar-refractivity contribution in [2.45, 2.75) is 5.41 Å². The van der Waals surface area contributed by atoms with Gasteiger partial charge in [0.1, 0.15) is 0 Å². The van der Waals surface area contributed by atoms with E-state index in [0.29, 0.717) is 5.82 Å². The summed E-state index contributed by atoms with van der Waals surface area (Å²) in [5.41, 5.74) is 11.9. The van der Waals surface area contributed by atoms with Crippen molar-refractivity contribution in [3.63, 3.8) is 0 Å². The highest BCUT2D eigenvalue weighted by molar-refractivity contribution is 5.92. The van der Waals surface area contributed by atoms with Gasteiger partial charge in [0.15, 0.2) is 11.6 Å². The number of hydrogen-bond acceptors (Lipinski definition) is 3. The number of fused-ring (bicyclic) bond motifs is 2. The van der Waals surface area contributed by atoms with Crippen LogP contribution in [0, 0.1) is 0 Å². The topological polar surface area (TPSA) is 43.6 Å². The van der Waals surface area contributed by atoms with Gasteiger partial charge in [0.2, 0.25) is 0 Å². The van der Waals surface area contributed by atoms with Crippen molar-refractivity contribution >= 4 is 11.0 Å². The first kappa shape index (κ1) is 26.3. The van der Waals surface area contributed by atoms with Gasteiger partial charge in [0.05, 0.1) is 22.1 Å². The molecule has 4 heteroatoms.